The van der Waals surface area contributed by atoms with Gasteiger partial charge in [-0.3, -0.25) is 0 Å². The molecule has 16 heteroatoms. The van der Waals surface area contributed by atoms with Crippen molar-refractivity contribution in [2.75, 3.05) is 42.5 Å². The first-order chi connectivity index (χ1) is 18.9. The van der Waals surface area contributed by atoms with Gasteiger partial charge in [-0.1, -0.05) is 19.9 Å². The molecule has 5 heterocycles. The van der Waals surface area contributed by atoms with Crippen molar-refractivity contribution in [2.45, 2.75) is 51.9 Å². The maximum absolute atomic E-state index is 14.1. The molecule has 0 unspecified atom stereocenters. The van der Waals surface area contributed by atoms with Gasteiger partial charge in [0.1, 0.15) is 10.6 Å². The van der Waals surface area contributed by atoms with E-state index in [4.69, 9.17) is 14.7 Å². The summed E-state index contributed by atoms with van der Waals surface area (Å²) >= 11 is 1.53. The van der Waals surface area contributed by atoms with Gasteiger partial charge in [0.25, 0.3) is 0 Å². The van der Waals surface area contributed by atoms with Crippen LogP contribution in [0.2, 0.25) is 0 Å². The summed E-state index contributed by atoms with van der Waals surface area (Å²) in [6, 6.07) is 2.00. The van der Waals surface area contributed by atoms with Crippen molar-refractivity contribution in [1.29, 1.82) is 0 Å². The number of carbonyl (C=O) groups is 1. The first-order valence-electron chi connectivity index (χ1n) is 12.7. The molecule has 0 radical (unpaired) electrons. The quantitative estimate of drug-likeness (QED) is 0.303. The summed E-state index contributed by atoms with van der Waals surface area (Å²) in [7, 11) is 0. The minimum Gasteiger partial charge on any atom is -0.416 e. The number of piperazine rings is 1. The number of ether oxygens (including phenoxy) is 1. The number of hydrogen-bond donors (Lipinski definition) is 0. The van der Waals surface area contributed by atoms with Crippen molar-refractivity contribution in [3.05, 3.63) is 34.9 Å². The number of anilines is 2. The van der Waals surface area contributed by atoms with Crippen molar-refractivity contribution >= 4 is 39.4 Å². The van der Waals surface area contributed by atoms with Crippen LogP contribution < -0.4 is 9.80 Å². The predicted molar refractivity (Wildman–Crippen MR) is 138 cm³/mol. The lowest BCUT2D eigenvalue weighted by atomic mass is 10.2. The predicted octanol–water partition coefficient (Wildman–Crippen LogP) is 4.70. The van der Waals surface area contributed by atoms with Crippen LogP contribution >= 0.6 is 11.3 Å². The molecule has 2 aliphatic rings. The lowest BCUT2D eigenvalue weighted by molar-refractivity contribution is -0.293. The second kappa shape index (κ2) is 10.4. The van der Waals surface area contributed by atoms with Gasteiger partial charge in [0, 0.05) is 44.1 Å². The minimum absolute atomic E-state index is 0.00728. The van der Waals surface area contributed by atoms with Crippen molar-refractivity contribution in [3.63, 3.8) is 0 Å². The maximum Gasteiger partial charge on any atom is 0.461 e. The number of rotatable bonds is 6. The third kappa shape index (κ3) is 5.15. The molecule has 0 aliphatic carbocycles. The van der Waals surface area contributed by atoms with E-state index in [0.29, 0.717) is 43.7 Å². The Bertz CT molecular complexity index is 1430. The van der Waals surface area contributed by atoms with Crippen LogP contribution in [0.25, 0.3) is 10.2 Å². The van der Waals surface area contributed by atoms with Crippen LogP contribution in [0.5, 0.6) is 0 Å². The van der Waals surface area contributed by atoms with Crippen LogP contribution in [0.4, 0.5) is 38.5 Å². The molecular formula is C24H27F5N8O2S. The van der Waals surface area contributed by atoms with Gasteiger partial charge in [-0.25, -0.2) is 9.78 Å². The Labute approximate surface area is 230 Å². The highest BCUT2D eigenvalue weighted by Gasteiger charge is 2.62. The number of thiophene rings is 1. The molecule has 0 bridgehead atoms. The van der Waals surface area contributed by atoms with Gasteiger partial charge in [-0.2, -0.15) is 26.9 Å². The summed E-state index contributed by atoms with van der Waals surface area (Å²) < 4.78 is 73.1. The van der Waals surface area contributed by atoms with Crippen LogP contribution in [0.1, 0.15) is 36.8 Å². The fourth-order valence-corrected chi connectivity index (χ4v) is 5.82. The van der Waals surface area contributed by atoms with E-state index in [1.807, 2.05) is 11.0 Å². The number of amides is 1. The standard InChI is InChI=1S/C24H27F5N8O2S/c1-4-5-15-12-16-18(36-10-11-37-17(13-36)32-33-20(37)23(25,26)24(27,28)29)30-21(31-19(16)40-15)34-6-8-35(9-7-34)22(38)39-14(2)3/h12H,2,4-11,13H2,1,3H3. The van der Waals surface area contributed by atoms with Gasteiger partial charge in [-0.15, -0.1) is 21.5 Å². The number of fused-ring (bicyclic) bond motifs is 2. The lowest BCUT2D eigenvalue weighted by Gasteiger charge is -2.35. The number of allylic oxidation sites excluding steroid dienone is 1. The second-order valence-electron chi connectivity index (χ2n) is 9.66. The van der Waals surface area contributed by atoms with E-state index in [2.05, 4.69) is 23.7 Å². The topological polar surface area (TPSA) is 92.5 Å². The number of halogens is 5. The molecule has 0 aromatic carbocycles. The Morgan fingerprint density at radius 3 is 2.40 bits per heavy atom. The van der Waals surface area contributed by atoms with E-state index in [9.17, 15) is 26.7 Å². The van der Waals surface area contributed by atoms with Crippen LogP contribution in [0.15, 0.2) is 18.4 Å². The highest BCUT2D eigenvalue weighted by Crippen LogP contribution is 2.44. The average molecular weight is 587 g/mol. The van der Waals surface area contributed by atoms with Crippen LogP contribution in [-0.2, 0) is 30.2 Å². The molecule has 40 heavy (non-hydrogen) atoms. The zero-order valence-electron chi connectivity index (χ0n) is 21.8. The van der Waals surface area contributed by atoms with E-state index < -0.39 is 24.0 Å². The SMILES string of the molecule is C=C(C)OC(=O)N1CCN(c2nc(N3CCn4c(nnc4C(F)(F)C(F)(F)F)C3)c3cc(CCC)sc3n2)CC1. The fourth-order valence-electron chi connectivity index (χ4n) is 4.70. The number of alkyl halides is 5. The number of nitrogens with zero attached hydrogens (tertiary/aromatic N) is 8. The van der Waals surface area contributed by atoms with Crippen LogP contribution in [0, 0.1) is 0 Å². The van der Waals surface area contributed by atoms with E-state index in [0.717, 1.165) is 32.5 Å². The molecule has 5 rings (SSSR count). The van der Waals surface area contributed by atoms with Crippen molar-refractivity contribution < 1.29 is 31.5 Å². The van der Waals surface area contributed by atoms with E-state index in [-0.39, 0.29) is 25.5 Å². The molecule has 1 fully saturated rings. The van der Waals surface area contributed by atoms with Gasteiger partial charge in [-0.05, 0) is 19.4 Å². The Morgan fingerprint density at radius 2 is 1.75 bits per heavy atom. The number of aryl methyl sites for hydroxylation is 1. The first kappa shape index (κ1) is 28.0. The molecule has 10 nitrogen and oxygen atoms in total. The van der Waals surface area contributed by atoms with Crippen LogP contribution in [-0.4, -0.2) is 74.6 Å². The average Bonchev–Trinajstić information content (AvgIpc) is 3.51. The van der Waals surface area contributed by atoms with E-state index >= 15 is 0 Å². The molecule has 216 valence electrons. The number of aromatic nitrogens is 5. The second-order valence-corrected chi connectivity index (χ2v) is 10.8. The summed E-state index contributed by atoms with van der Waals surface area (Å²) in [5.41, 5.74) is 0. The summed E-state index contributed by atoms with van der Waals surface area (Å²) in [4.78, 5) is 29.0. The summed E-state index contributed by atoms with van der Waals surface area (Å²) in [5.74, 6) is -5.24. The third-order valence-electron chi connectivity index (χ3n) is 6.68. The lowest BCUT2D eigenvalue weighted by Crippen LogP contribution is -2.49. The molecule has 2 aliphatic heterocycles. The monoisotopic (exact) mass is 586 g/mol. The Balaban J connectivity index is 1.44. The summed E-state index contributed by atoms with van der Waals surface area (Å²) in [5, 5.41) is 7.66. The molecule has 0 atom stereocenters. The Morgan fingerprint density at radius 1 is 1.05 bits per heavy atom. The smallest absolute Gasteiger partial charge is 0.416 e. The molecule has 3 aromatic heterocycles. The maximum atomic E-state index is 14.1. The largest absolute Gasteiger partial charge is 0.461 e. The van der Waals surface area contributed by atoms with E-state index in [1.165, 1.54) is 11.3 Å². The summed E-state index contributed by atoms with van der Waals surface area (Å²) in [6.45, 7) is 8.83. The minimum atomic E-state index is -5.78. The van der Waals surface area contributed by atoms with Gasteiger partial charge < -0.3 is 24.0 Å². The van der Waals surface area contributed by atoms with Gasteiger partial charge in [0.05, 0.1) is 17.7 Å². The molecule has 1 saturated heterocycles. The third-order valence-corrected chi connectivity index (χ3v) is 7.77. The van der Waals surface area contributed by atoms with Crippen molar-refractivity contribution in [1.82, 2.24) is 29.6 Å². The fraction of sp³-hybridized carbons (Fsp3) is 0.542. The normalized spacial score (nSPS) is 16.4. The molecule has 0 spiro atoms. The van der Waals surface area contributed by atoms with Gasteiger partial charge in [0.2, 0.25) is 11.8 Å². The Hall–Kier alpha value is -3.56. The molecular weight excluding hydrogens is 559 g/mol. The zero-order chi connectivity index (χ0) is 28.8. The number of carbonyl (C=O) groups excluding carboxylic acids is 1. The molecule has 1 amide bonds. The highest BCUT2D eigenvalue weighted by atomic mass is 32.1. The highest BCUT2D eigenvalue weighted by molar-refractivity contribution is 7.18. The molecule has 0 saturated carbocycles. The first-order valence-corrected chi connectivity index (χ1v) is 13.5. The molecule has 0 N–H and O–H groups in total. The van der Waals surface area contributed by atoms with Crippen LogP contribution in [0.3, 0.4) is 0 Å². The van der Waals surface area contributed by atoms with Gasteiger partial charge >= 0.3 is 18.2 Å². The zero-order valence-corrected chi connectivity index (χ0v) is 22.7. The van der Waals surface area contributed by atoms with Gasteiger partial charge in [0.15, 0.2) is 5.82 Å². The van der Waals surface area contributed by atoms with Crippen molar-refractivity contribution in [3.8, 4) is 0 Å². The van der Waals surface area contributed by atoms with Crippen molar-refractivity contribution in [2.24, 2.45) is 0 Å². The summed E-state index contributed by atoms with van der Waals surface area (Å²) in [6.07, 6.45) is -4.49. The Kier molecular flexibility index (Phi) is 7.31. The number of hydrogen-bond acceptors (Lipinski definition) is 9. The van der Waals surface area contributed by atoms with E-state index in [1.54, 1.807) is 16.7 Å². The molecule has 3 aromatic rings.